The predicted octanol–water partition coefficient (Wildman–Crippen LogP) is 1.55. The zero-order chi connectivity index (χ0) is 20.4. The number of amides is 2. The van der Waals surface area contributed by atoms with Gasteiger partial charge in [0.2, 0.25) is 5.88 Å². The number of nitrogens with one attached hydrogen (secondary N) is 1. The van der Waals surface area contributed by atoms with E-state index in [1.54, 1.807) is 6.92 Å². The number of carbonyl (C=O) groups excluding carboxylic acids is 1. The lowest BCUT2D eigenvalue weighted by Gasteiger charge is -2.25. The van der Waals surface area contributed by atoms with Gasteiger partial charge < -0.3 is 15.2 Å². The third-order valence-electron chi connectivity index (χ3n) is 5.93. The highest BCUT2D eigenvalue weighted by molar-refractivity contribution is 7.91. The van der Waals surface area contributed by atoms with E-state index in [-0.39, 0.29) is 17.4 Å². The second kappa shape index (κ2) is 6.28. The minimum absolute atomic E-state index is 0.0520. The van der Waals surface area contributed by atoms with Gasteiger partial charge >= 0.3 is 6.03 Å². The SMILES string of the molecule is C[C@]1(CO)Cn2ncc(S(N)(=O)=NC(=O)Nc3c4c(cc5c3CC5)CCC4)c2O1. The van der Waals surface area contributed by atoms with Crippen LogP contribution >= 0.6 is 0 Å². The van der Waals surface area contributed by atoms with Crippen molar-refractivity contribution >= 4 is 21.6 Å². The number of aliphatic hydroxyl groups is 1. The molecule has 1 aromatic heterocycles. The Morgan fingerprint density at radius 1 is 1.38 bits per heavy atom. The standard InChI is InChI=1S/C19H23N5O4S/c1-19(10-25)9-24-17(28-19)15(8-21-24)29(20,27)23-18(26)22-16-13-4-2-3-11(13)7-12-5-6-14(12)16/h7-8,25H,2-6,9-10H2,1H3,(H3,20,22,23,26,27)/t19-,29?/m1/s1. The molecule has 2 amide bonds. The van der Waals surface area contributed by atoms with E-state index in [4.69, 9.17) is 9.88 Å². The maximum Gasteiger partial charge on any atom is 0.354 e. The molecule has 2 heterocycles. The van der Waals surface area contributed by atoms with E-state index in [9.17, 15) is 14.1 Å². The number of hydrogen-bond donors (Lipinski definition) is 3. The second-order valence-electron chi connectivity index (χ2n) is 8.15. The number of aromatic nitrogens is 2. The van der Waals surface area contributed by atoms with E-state index in [0.717, 1.165) is 48.9 Å². The van der Waals surface area contributed by atoms with Gasteiger partial charge in [0, 0.05) is 5.69 Å². The van der Waals surface area contributed by atoms with Gasteiger partial charge in [-0.3, -0.25) is 0 Å². The fourth-order valence-electron chi connectivity index (χ4n) is 4.33. The maximum atomic E-state index is 13.1. The van der Waals surface area contributed by atoms with Crippen LogP contribution in [-0.4, -0.2) is 37.3 Å². The monoisotopic (exact) mass is 417 g/mol. The zero-order valence-corrected chi connectivity index (χ0v) is 16.9. The van der Waals surface area contributed by atoms with E-state index < -0.39 is 21.5 Å². The molecule has 29 heavy (non-hydrogen) atoms. The summed E-state index contributed by atoms with van der Waals surface area (Å²) >= 11 is 0. The van der Waals surface area contributed by atoms with Crippen molar-refractivity contribution in [1.29, 1.82) is 0 Å². The number of nitrogens with zero attached hydrogens (tertiary/aromatic N) is 3. The van der Waals surface area contributed by atoms with Crippen LogP contribution in [0.25, 0.3) is 0 Å². The molecular weight excluding hydrogens is 394 g/mol. The van der Waals surface area contributed by atoms with Crippen molar-refractivity contribution < 1.29 is 18.8 Å². The number of urea groups is 1. The van der Waals surface area contributed by atoms with Gasteiger partial charge in [0.25, 0.3) is 0 Å². The number of rotatable bonds is 3. The number of hydrogen-bond acceptors (Lipinski definition) is 5. The largest absolute Gasteiger partial charge is 0.466 e. The first-order valence-corrected chi connectivity index (χ1v) is 11.3. The number of carbonyl (C=O) groups is 1. The topological polar surface area (TPSA) is 132 Å². The third-order valence-corrected chi connectivity index (χ3v) is 7.28. The summed E-state index contributed by atoms with van der Waals surface area (Å²) in [7, 11) is -3.57. The minimum Gasteiger partial charge on any atom is -0.466 e. The second-order valence-corrected chi connectivity index (χ2v) is 9.91. The Labute approximate surface area is 168 Å². The highest BCUT2D eigenvalue weighted by Gasteiger charge is 2.39. The highest BCUT2D eigenvalue weighted by atomic mass is 32.2. The molecule has 5 rings (SSSR count). The normalized spacial score (nSPS) is 23.3. The molecule has 1 unspecified atom stereocenters. The Balaban J connectivity index is 1.45. The fourth-order valence-corrected chi connectivity index (χ4v) is 5.32. The van der Waals surface area contributed by atoms with Crippen molar-refractivity contribution in [3.05, 3.63) is 34.5 Å². The summed E-state index contributed by atoms with van der Waals surface area (Å²) in [5, 5.41) is 22.4. The molecule has 0 fully saturated rings. The van der Waals surface area contributed by atoms with Crippen molar-refractivity contribution in [2.24, 2.45) is 9.50 Å². The van der Waals surface area contributed by atoms with Crippen molar-refractivity contribution in [3.8, 4) is 5.88 Å². The Hall–Kier alpha value is -2.43. The van der Waals surface area contributed by atoms with Gasteiger partial charge in [-0.05, 0) is 61.3 Å². The average Bonchev–Trinajstić information content (AvgIpc) is 3.31. The molecule has 1 aromatic carbocycles. The molecule has 2 atom stereocenters. The van der Waals surface area contributed by atoms with Crippen LogP contribution in [0.1, 0.15) is 35.6 Å². The number of ether oxygens (including phenoxy) is 1. The van der Waals surface area contributed by atoms with E-state index in [1.165, 1.54) is 22.0 Å². The summed E-state index contributed by atoms with van der Waals surface area (Å²) < 4.78 is 24.0. The quantitative estimate of drug-likeness (QED) is 0.697. The molecule has 10 heteroatoms. The molecule has 3 aliphatic rings. The molecule has 0 saturated heterocycles. The van der Waals surface area contributed by atoms with E-state index in [0.29, 0.717) is 6.54 Å². The first kappa shape index (κ1) is 18.6. The maximum absolute atomic E-state index is 13.1. The van der Waals surface area contributed by atoms with Crippen molar-refractivity contribution in [2.75, 3.05) is 11.9 Å². The lowest BCUT2D eigenvalue weighted by molar-refractivity contribution is 0.0399. The van der Waals surface area contributed by atoms with Crippen LogP contribution in [0.5, 0.6) is 5.88 Å². The predicted molar refractivity (Wildman–Crippen MR) is 106 cm³/mol. The summed E-state index contributed by atoms with van der Waals surface area (Å²) in [4.78, 5) is 12.7. The van der Waals surface area contributed by atoms with E-state index in [1.807, 2.05) is 0 Å². The molecule has 2 aliphatic carbocycles. The van der Waals surface area contributed by atoms with Crippen molar-refractivity contribution in [3.63, 3.8) is 0 Å². The Bertz CT molecular complexity index is 1160. The number of aliphatic hydroxyl groups excluding tert-OH is 1. The molecule has 0 radical (unpaired) electrons. The van der Waals surface area contributed by atoms with E-state index >= 15 is 0 Å². The summed E-state index contributed by atoms with van der Waals surface area (Å²) in [5.41, 5.74) is 4.78. The molecule has 9 nitrogen and oxygen atoms in total. The van der Waals surface area contributed by atoms with Crippen LogP contribution < -0.4 is 15.2 Å². The summed E-state index contributed by atoms with van der Waals surface area (Å²) in [6, 6.07) is 1.50. The molecule has 4 N–H and O–H groups in total. The van der Waals surface area contributed by atoms with Crippen LogP contribution in [0.4, 0.5) is 10.5 Å². The van der Waals surface area contributed by atoms with Crippen LogP contribution in [0, 0.1) is 0 Å². The number of benzene rings is 1. The zero-order valence-electron chi connectivity index (χ0n) is 16.1. The van der Waals surface area contributed by atoms with Gasteiger partial charge in [0.15, 0.2) is 15.5 Å². The van der Waals surface area contributed by atoms with Crippen molar-refractivity contribution in [1.82, 2.24) is 9.78 Å². The van der Waals surface area contributed by atoms with Gasteiger partial charge in [-0.1, -0.05) is 6.07 Å². The van der Waals surface area contributed by atoms with Crippen LogP contribution in [0.15, 0.2) is 21.5 Å². The smallest absolute Gasteiger partial charge is 0.354 e. The first-order valence-electron chi connectivity index (χ1n) is 9.68. The molecule has 0 spiro atoms. The number of fused-ring (bicyclic) bond motifs is 3. The molecule has 2 aromatic rings. The summed E-state index contributed by atoms with van der Waals surface area (Å²) in [6.07, 6.45) is 6.23. The van der Waals surface area contributed by atoms with E-state index in [2.05, 4.69) is 20.8 Å². The average molecular weight is 417 g/mol. The lowest BCUT2D eigenvalue weighted by Crippen LogP contribution is -2.35. The number of anilines is 1. The van der Waals surface area contributed by atoms with Crippen LogP contribution in [0.3, 0.4) is 0 Å². The lowest BCUT2D eigenvalue weighted by atomic mass is 9.83. The van der Waals surface area contributed by atoms with Gasteiger partial charge in [-0.2, -0.15) is 5.10 Å². The van der Waals surface area contributed by atoms with Gasteiger partial charge in [-0.15, -0.1) is 4.36 Å². The minimum atomic E-state index is -3.57. The van der Waals surface area contributed by atoms with Crippen molar-refractivity contribution in [2.45, 2.75) is 56.1 Å². The Morgan fingerprint density at radius 3 is 2.86 bits per heavy atom. The van der Waals surface area contributed by atoms with Gasteiger partial charge in [-0.25, -0.2) is 18.8 Å². The fraction of sp³-hybridized carbons (Fsp3) is 0.474. The number of aryl methyl sites for hydroxylation is 2. The number of nitrogens with two attached hydrogens (primary N) is 1. The molecular formula is C19H23N5O4S. The molecule has 0 bridgehead atoms. The highest BCUT2D eigenvalue weighted by Crippen LogP contribution is 2.40. The summed E-state index contributed by atoms with van der Waals surface area (Å²) in [6.45, 7) is 1.77. The molecule has 154 valence electrons. The first-order chi connectivity index (χ1) is 13.8. The Kier molecular flexibility index (Phi) is 4.03. The molecule has 0 saturated carbocycles. The third kappa shape index (κ3) is 2.93. The van der Waals surface area contributed by atoms with Crippen LogP contribution in [-0.2, 0) is 42.1 Å². The molecule has 1 aliphatic heterocycles. The van der Waals surface area contributed by atoms with Gasteiger partial charge in [0.1, 0.15) is 4.90 Å². The van der Waals surface area contributed by atoms with Gasteiger partial charge in [0.05, 0.1) is 19.3 Å². The van der Waals surface area contributed by atoms with Crippen LogP contribution in [0.2, 0.25) is 0 Å². The summed E-state index contributed by atoms with van der Waals surface area (Å²) in [5.74, 6) is 0.176. The Morgan fingerprint density at radius 2 is 2.14 bits per heavy atom.